The molecular formula is C19H20FN3O4S. The van der Waals surface area contributed by atoms with Gasteiger partial charge in [0.2, 0.25) is 0 Å². The summed E-state index contributed by atoms with van der Waals surface area (Å²) in [6.07, 6.45) is 1.48. The van der Waals surface area contributed by atoms with E-state index in [4.69, 9.17) is 9.90 Å². The predicted octanol–water partition coefficient (Wildman–Crippen LogP) is 2.13. The van der Waals surface area contributed by atoms with Gasteiger partial charge in [-0.1, -0.05) is 18.2 Å². The highest BCUT2D eigenvalue weighted by Crippen LogP contribution is 2.27. The fourth-order valence-corrected chi connectivity index (χ4v) is 4.60. The molecule has 0 bridgehead atoms. The van der Waals surface area contributed by atoms with Gasteiger partial charge in [-0.15, -0.1) is 0 Å². The molecule has 28 heavy (non-hydrogen) atoms. The summed E-state index contributed by atoms with van der Waals surface area (Å²) in [6.45, 7) is 3.28. The fraction of sp³-hybridized carbons (Fsp3) is 0.211. The van der Waals surface area contributed by atoms with Crippen molar-refractivity contribution >= 4 is 33.1 Å². The molecule has 148 valence electrons. The number of nitrogens with zero attached hydrogens (tertiary/aromatic N) is 2. The molecule has 2 aromatic carbocycles. The van der Waals surface area contributed by atoms with Gasteiger partial charge in [0.1, 0.15) is 10.7 Å². The first-order valence-electron chi connectivity index (χ1n) is 8.64. The zero-order chi connectivity index (χ0) is 20.1. The van der Waals surface area contributed by atoms with E-state index >= 15 is 0 Å². The highest BCUT2D eigenvalue weighted by Gasteiger charge is 2.23. The van der Waals surface area contributed by atoms with E-state index in [9.17, 15) is 12.8 Å². The Balaban J connectivity index is 0.000000706. The average molecular weight is 405 g/mol. The molecule has 0 aliphatic carbocycles. The highest BCUT2D eigenvalue weighted by atomic mass is 32.2. The summed E-state index contributed by atoms with van der Waals surface area (Å²) < 4.78 is 41.0. The van der Waals surface area contributed by atoms with Crippen molar-refractivity contribution in [2.75, 3.05) is 31.1 Å². The van der Waals surface area contributed by atoms with Crippen LogP contribution in [-0.4, -0.2) is 50.1 Å². The van der Waals surface area contributed by atoms with Crippen LogP contribution < -0.4 is 10.2 Å². The molecule has 3 aromatic rings. The van der Waals surface area contributed by atoms with Crippen molar-refractivity contribution in [3.05, 3.63) is 60.5 Å². The molecule has 2 N–H and O–H groups in total. The smallest absolute Gasteiger partial charge is 0.290 e. The van der Waals surface area contributed by atoms with Crippen LogP contribution in [0.25, 0.3) is 10.9 Å². The van der Waals surface area contributed by atoms with E-state index in [-0.39, 0.29) is 11.4 Å². The van der Waals surface area contributed by atoms with Crippen LogP contribution in [0.3, 0.4) is 0 Å². The largest absolute Gasteiger partial charge is 0.483 e. The lowest BCUT2D eigenvalue weighted by atomic mass is 10.2. The van der Waals surface area contributed by atoms with Crippen molar-refractivity contribution in [1.82, 2.24) is 9.29 Å². The first-order valence-corrected chi connectivity index (χ1v) is 10.1. The van der Waals surface area contributed by atoms with Crippen LogP contribution in [0.5, 0.6) is 0 Å². The van der Waals surface area contributed by atoms with Gasteiger partial charge in [-0.2, -0.15) is 0 Å². The summed E-state index contributed by atoms with van der Waals surface area (Å²) in [7, 11) is -3.99. The zero-order valence-corrected chi connectivity index (χ0v) is 15.8. The van der Waals surface area contributed by atoms with Crippen LogP contribution >= 0.6 is 0 Å². The van der Waals surface area contributed by atoms with Crippen LogP contribution in [-0.2, 0) is 14.8 Å². The van der Waals surface area contributed by atoms with Crippen LogP contribution in [0, 0.1) is 5.82 Å². The van der Waals surface area contributed by atoms with Gasteiger partial charge in [-0.05, 0) is 30.3 Å². The van der Waals surface area contributed by atoms with Crippen LogP contribution in [0.1, 0.15) is 0 Å². The van der Waals surface area contributed by atoms with E-state index < -0.39 is 15.8 Å². The second kappa shape index (κ2) is 8.41. The van der Waals surface area contributed by atoms with Crippen molar-refractivity contribution < 1.29 is 22.7 Å². The molecule has 1 aliphatic heterocycles. The molecule has 1 aromatic heterocycles. The third kappa shape index (κ3) is 3.85. The molecule has 0 spiro atoms. The standard InChI is InChI=1S/C18H18FN3O2S.CH2O2/c19-16-3-1-2-4-18(16)25(23,24)22-10-7-14-5-6-15(13-17(14)22)21-11-8-20-9-12-21;2-1-3/h1-7,10,13,20H,8-9,11-12H2;1H,(H,2,3). The van der Waals surface area contributed by atoms with E-state index in [0.29, 0.717) is 5.52 Å². The van der Waals surface area contributed by atoms with Gasteiger partial charge in [-0.3, -0.25) is 4.79 Å². The molecule has 0 amide bonds. The summed E-state index contributed by atoms with van der Waals surface area (Å²) in [5.74, 6) is -0.748. The van der Waals surface area contributed by atoms with Gasteiger partial charge >= 0.3 is 0 Å². The maximum atomic E-state index is 14.0. The Bertz CT molecular complexity index is 1080. The number of anilines is 1. The van der Waals surface area contributed by atoms with E-state index in [1.807, 2.05) is 18.2 Å². The number of halogens is 1. The third-order valence-electron chi connectivity index (χ3n) is 4.50. The molecule has 0 unspecified atom stereocenters. The number of piperazine rings is 1. The van der Waals surface area contributed by atoms with E-state index in [0.717, 1.165) is 47.3 Å². The second-order valence-electron chi connectivity index (χ2n) is 6.13. The van der Waals surface area contributed by atoms with E-state index in [1.54, 1.807) is 6.07 Å². The number of fused-ring (bicyclic) bond motifs is 1. The third-order valence-corrected chi connectivity index (χ3v) is 6.22. The molecule has 2 heterocycles. The Morgan fingerprint density at radius 3 is 2.43 bits per heavy atom. The lowest BCUT2D eigenvalue weighted by molar-refractivity contribution is -0.122. The lowest BCUT2D eigenvalue weighted by Crippen LogP contribution is -2.43. The molecule has 9 heteroatoms. The van der Waals surface area contributed by atoms with Crippen molar-refractivity contribution in [3.63, 3.8) is 0 Å². The number of benzene rings is 2. The predicted molar refractivity (Wildman–Crippen MR) is 105 cm³/mol. The van der Waals surface area contributed by atoms with E-state index in [1.165, 1.54) is 24.4 Å². The minimum atomic E-state index is -3.99. The molecule has 0 atom stereocenters. The number of nitrogens with one attached hydrogen (secondary N) is 1. The van der Waals surface area contributed by atoms with Gasteiger partial charge in [0, 0.05) is 43.4 Å². The number of carboxylic acid groups (broad SMARTS) is 1. The number of hydrogen-bond donors (Lipinski definition) is 2. The summed E-state index contributed by atoms with van der Waals surface area (Å²) in [4.78, 5) is 10.3. The minimum absolute atomic E-state index is 0.250. The number of hydrogen-bond acceptors (Lipinski definition) is 5. The van der Waals surface area contributed by atoms with Gasteiger partial charge in [0.25, 0.3) is 16.5 Å². The molecule has 1 aliphatic rings. The van der Waals surface area contributed by atoms with Crippen LogP contribution in [0.4, 0.5) is 10.1 Å². The summed E-state index contributed by atoms with van der Waals surface area (Å²) in [5, 5.41) is 11.0. The van der Waals surface area contributed by atoms with Gasteiger partial charge in [0.05, 0.1) is 5.52 Å². The topological polar surface area (TPSA) is 91.6 Å². The minimum Gasteiger partial charge on any atom is -0.483 e. The SMILES string of the molecule is O=CO.O=S(=O)(c1ccccc1F)n1ccc2ccc(N3CCNCC3)cc21. The quantitative estimate of drug-likeness (QED) is 0.649. The van der Waals surface area contributed by atoms with Crippen molar-refractivity contribution in [1.29, 1.82) is 0 Å². The molecule has 0 radical (unpaired) electrons. The lowest BCUT2D eigenvalue weighted by Gasteiger charge is -2.29. The monoisotopic (exact) mass is 405 g/mol. The average Bonchev–Trinajstić information content (AvgIpc) is 3.13. The maximum absolute atomic E-state index is 14.0. The molecule has 1 saturated heterocycles. The van der Waals surface area contributed by atoms with Crippen molar-refractivity contribution in [3.8, 4) is 0 Å². The van der Waals surface area contributed by atoms with E-state index in [2.05, 4.69) is 10.2 Å². The Morgan fingerprint density at radius 2 is 1.75 bits per heavy atom. The van der Waals surface area contributed by atoms with Gasteiger partial charge in [0.15, 0.2) is 0 Å². The van der Waals surface area contributed by atoms with Crippen molar-refractivity contribution in [2.24, 2.45) is 0 Å². The van der Waals surface area contributed by atoms with Crippen molar-refractivity contribution in [2.45, 2.75) is 4.90 Å². The normalized spacial score (nSPS) is 14.4. The fourth-order valence-electron chi connectivity index (χ4n) is 3.18. The number of carbonyl (C=O) groups is 1. The first-order chi connectivity index (χ1) is 13.5. The Morgan fingerprint density at radius 1 is 1.07 bits per heavy atom. The maximum Gasteiger partial charge on any atom is 0.290 e. The molecule has 0 saturated carbocycles. The van der Waals surface area contributed by atoms with Crippen LogP contribution in [0.2, 0.25) is 0 Å². The Labute approximate surface area is 162 Å². The zero-order valence-electron chi connectivity index (χ0n) is 15.0. The first kappa shape index (κ1) is 19.8. The van der Waals surface area contributed by atoms with Gasteiger partial charge in [-0.25, -0.2) is 16.8 Å². The van der Waals surface area contributed by atoms with Crippen LogP contribution in [0.15, 0.2) is 59.6 Å². The second-order valence-corrected chi connectivity index (χ2v) is 7.92. The number of rotatable bonds is 3. The number of aromatic nitrogens is 1. The summed E-state index contributed by atoms with van der Waals surface area (Å²) in [6, 6.07) is 12.9. The highest BCUT2D eigenvalue weighted by molar-refractivity contribution is 7.90. The summed E-state index contributed by atoms with van der Waals surface area (Å²) >= 11 is 0. The molecule has 1 fully saturated rings. The molecular weight excluding hydrogens is 385 g/mol. The Kier molecular flexibility index (Phi) is 5.96. The Hall–Kier alpha value is -2.91. The molecule has 4 rings (SSSR count). The van der Waals surface area contributed by atoms with Gasteiger partial charge < -0.3 is 15.3 Å². The molecule has 7 nitrogen and oxygen atoms in total. The summed E-state index contributed by atoms with van der Waals surface area (Å²) in [5.41, 5.74) is 1.52.